The fraction of sp³-hybridized carbons (Fsp3) is 0.588. The van der Waals surface area contributed by atoms with Gasteiger partial charge in [-0.05, 0) is 50.3 Å². The van der Waals surface area contributed by atoms with Crippen LogP contribution in [-0.4, -0.2) is 37.5 Å². The maximum absolute atomic E-state index is 13.1. The zero-order chi connectivity index (χ0) is 14.0. The summed E-state index contributed by atoms with van der Waals surface area (Å²) in [4.78, 5) is 15.1. The first-order chi connectivity index (χ1) is 9.72. The van der Waals surface area contributed by atoms with Gasteiger partial charge >= 0.3 is 0 Å². The molecule has 0 atom stereocenters. The van der Waals surface area contributed by atoms with Gasteiger partial charge in [0.05, 0.1) is 5.41 Å². The average molecular weight is 272 g/mol. The van der Waals surface area contributed by atoms with Crippen LogP contribution in [0.2, 0.25) is 0 Å². The van der Waals surface area contributed by atoms with Crippen molar-refractivity contribution in [1.82, 2.24) is 10.2 Å². The van der Waals surface area contributed by atoms with Gasteiger partial charge in [0.2, 0.25) is 5.91 Å². The second-order valence-electron chi connectivity index (χ2n) is 6.33. The van der Waals surface area contributed by atoms with E-state index in [1.807, 2.05) is 30.1 Å². The lowest BCUT2D eigenvalue weighted by atomic mass is 9.72. The second-order valence-corrected chi connectivity index (χ2v) is 6.33. The highest BCUT2D eigenvalue weighted by molar-refractivity contribution is 5.88. The summed E-state index contributed by atoms with van der Waals surface area (Å²) in [6.07, 6.45) is 4.39. The van der Waals surface area contributed by atoms with Crippen molar-refractivity contribution in [2.45, 2.75) is 31.1 Å². The monoisotopic (exact) mass is 272 g/mol. The number of carbonyl (C=O) groups is 1. The second kappa shape index (κ2) is 5.57. The molecule has 0 spiro atoms. The Hall–Kier alpha value is -1.35. The summed E-state index contributed by atoms with van der Waals surface area (Å²) >= 11 is 0. The van der Waals surface area contributed by atoms with E-state index in [9.17, 15) is 4.79 Å². The van der Waals surface area contributed by atoms with Gasteiger partial charge in [0.1, 0.15) is 0 Å². The van der Waals surface area contributed by atoms with E-state index in [1.165, 1.54) is 18.4 Å². The predicted molar refractivity (Wildman–Crippen MR) is 80.6 cm³/mol. The molecule has 2 aliphatic rings. The number of likely N-dealkylation sites (N-methyl/N-ethyl adjacent to an activating group) is 1. The van der Waals surface area contributed by atoms with Gasteiger partial charge in [-0.1, -0.05) is 30.3 Å². The Labute approximate surface area is 121 Å². The third-order valence-electron chi connectivity index (χ3n) is 4.77. The van der Waals surface area contributed by atoms with E-state index in [4.69, 9.17) is 0 Å². The molecule has 1 saturated heterocycles. The molecule has 0 bridgehead atoms. The van der Waals surface area contributed by atoms with Gasteiger partial charge in [-0.2, -0.15) is 0 Å². The number of nitrogens with zero attached hydrogens (tertiary/aromatic N) is 1. The minimum Gasteiger partial charge on any atom is -0.345 e. The van der Waals surface area contributed by atoms with Gasteiger partial charge in [0, 0.05) is 13.6 Å². The van der Waals surface area contributed by atoms with Crippen LogP contribution in [0.1, 0.15) is 31.2 Å². The summed E-state index contributed by atoms with van der Waals surface area (Å²) in [5, 5.41) is 3.39. The Morgan fingerprint density at radius 1 is 1.25 bits per heavy atom. The lowest BCUT2D eigenvalue weighted by Gasteiger charge is -2.39. The van der Waals surface area contributed by atoms with Crippen molar-refractivity contribution < 1.29 is 4.79 Å². The highest BCUT2D eigenvalue weighted by atomic mass is 16.2. The molecular weight excluding hydrogens is 248 g/mol. The molecule has 0 unspecified atom stereocenters. The van der Waals surface area contributed by atoms with Gasteiger partial charge in [-0.3, -0.25) is 4.79 Å². The number of hydrogen-bond donors (Lipinski definition) is 1. The Balaban J connectivity index is 1.86. The molecule has 3 heteroatoms. The van der Waals surface area contributed by atoms with Crippen LogP contribution in [0, 0.1) is 5.92 Å². The predicted octanol–water partition coefficient (Wildman–Crippen LogP) is 2.18. The lowest BCUT2D eigenvalue weighted by Crippen LogP contribution is -2.51. The van der Waals surface area contributed by atoms with Crippen molar-refractivity contribution in [3.05, 3.63) is 35.9 Å². The van der Waals surface area contributed by atoms with Crippen LogP contribution < -0.4 is 5.32 Å². The summed E-state index contributed by atoms with van der Waals surface area (Å²) in [6.45, 7) is 2.79. The first-order valence-electron chi connectivity index (χ1n) is 7.74. The van der Waals surface area contributed by atoms with Crippen LogP contribution >= 0.6 is 0 Å². The van der Waals surface area contributed by atoms with Crippen molar-refractivity contribution in [3.63, 3.8) is 0 Å². The SMILES string of the molecule is CN(CC1CC1)C(=O)C1(c2ccccc2)CCNCC1. The largest absolute Gasteiger partial charge is 0.345 e. The van der Waals surface area contributed by atoms with Crippen LogP contribution in [0.4, 0.5) is 0 Å². The average Bonchev–Trinajstić information content (AvgIpc) is 3.32. The van der Waals surface area contributed by atoms with E-state index in [-0.39, 0.29) is 5.41 Å². The third-order valence-corrected chi connectivity index (χ3v) is 4.77. The zero-order valence-electron chi connectivity index (χ0n) is 12.3. The van der Waals surface area contributed by atoms with Gasteiger partial charge < -0.3 is 10.2 Å². The van der Waals surface area contributed by atoms with E-state index >= 15 is 0 Å². The molecule has 1 aromatic carbocycles. The van der Waals surface area contributed by atoms with Crippen LogP contribution in [0.25, 0.3) is 0 Å². The summed E-state index contributed by atoms with van der Waals surface area (Å²) in [6, 6.07) is 10.4. The molecule has 20 heavy (non-hydrogen) atoms. The molecular formula is C17H24N2O. The molecule has 1 saturated carbocycles. The topological polar surface area (TPSA) is 32.3 Å². The number of hydrogen-bond acceptors (Lipinski definition) is 2. The Morgan fingerprint density at radius 2 is 1.90 bits per heavy atom. The number of carbonyl (C=O) groups excluding carboxylic acids is 1. The van der Waals surface area contributed by atoms with Gasteiger partial charge in [0.25, 0.3) is 0 Å². The van der Waals surface area contributed by atoms with E-state index in [0.29, 0.717) is 5.91 Å². The molecule has 3 rings (SSSR count). The Kier molecular flexibility index (Phi) is 3.79. The fourth-order valence-electron chi connectivity index (χ4n) is 3.37. The van der Waals surface area contributed by atoms with Crippen molar-refractivity contribution in [2.75, 3.05) is 26.7 Å². The van der Waals surface area contributed by atoms with Crippen molar-refractivity contribution in [3.8, 4) is 0 Å². The van der Waals surface area contributed by atoms with Gasteiger partial charge in [0.15, 0.2) is 0 Å². The van der Waals surface area contributed by atoms with Crippen LogP contribution in [-0.2, 0) is 10.2 Å². The van der Waals surface area contributed by atoms with Crippen LogP contribution in [0.15, 0.2) is 30.3 Å². The molecule has 2 fully saturated rings. The number of nitrogens with one attached hydrogen (secondary N) is 1. The molecule has 0 radical (unpaired) electrons. The van der Waals surface area contributed by atoms with E-state index < -0.39 is 0 Å². The normalized spacial score (nSPS) is 21.4. The molecule has 1 amide bonds. The fourth-order valence-corrected chi connectivity index (χ4v) is 3.37. The molecule has 3 nitrogen and oxygen atoms in total. The Bertz CT molecular complexity index is 461. The maximum Gasteiger partial charge on any atom is 0.233 e. The van der Waals surface area contributed by atoms with E-state index in [0.717, 1.165) is 38.4 Å². The maximum atomic E-state index is 13.1. The summed E-state index contributed by atoms with van der Waals surface area (Å²) in [5.74, 6) is 1.07. The van der Waals surface area contributed by atoms with E-state index in [1.54, 1.807) is 0 Å². The van der Waals surface area contributed by atoms with Crippen molar-refractivity contribution in [2.24, 2.45) is 5.92 Å². The first kappa shape index (κ1) is 13.6. The number of piperidine rings is 1. The molecule has 1 aliphatic heterocycles. The van der Waals surface area contributed by atoms with Crippen molar-refractivity contribution >= 4 is 5.91 Å². The molecule has 0 aromatic heterocycles. The minimum absolute atomic E-state index is 0.309. The summed E-state index contributed by atoms with van der Waals surface area (Å²) < 4.78 is 0. The number of rotatable bonds is 4. The molecule has 1 aliphatic carbocycles. The molecule has 1 aromatic rings. The minimum atomic E-state index is -0.309. The Morgan fingerprint density at radius 3 is 2.50 bits per heavy atom. The zero-order valence-corrected chi connectivity index (χ0v) is 12.3. The lowest BCUT2D eigenvalue weighted by molar-refractivity contribution is -0.137. The van der Waals surface area contributed by atoms with Gasteiger partial charge in [-0.25, -0.2) is 0 Å². The highest BCUT2D eigenvalue weighted by Gasteiger charge is 2.43. The van der Waals surface area contributed by atoms with Crippen LogP contribution in [0.3, 0.4) is 0 Å². The van der Waals surface area contributed by atoms with E-state index in [2.05, 4.69) is 17.4 Å². The third kappa shape index (κ3) is 2.59. The summed E-state index contributed by atoms with van der Waals surface area (Å²) in [7, 11) is 1.98. The highest BCUT2D eigenvalue weighted by Crippen LogP contribution is 2.37. The number of benzene rings is 1. The van der Waals surface area contributed by atoms with Gasteiger partial charge in [-0.15, -0.1) is 0 Å². The smallest absolute Gasteiger partial charge is 0.233 e. The quantitative estimate of drug-likeness (QED) is 0.911. The first-order valence-corrected chi connectivity index (χ1v) is 7.74. The molecule has 1 N–H and O–H groups in total. The summed E-state index contributed by atoms with van der Waals surface area (Å²) in [5.41, 5.74) is 0.880. The molecule has 108 valence electrons. The standard InChI is InChI=1S/C17H24N2O/c1-19(13-14-7-8-14)16(20)17(9-11-18-12-10-17)15-5-3-2-4-6-15/h2-6,14,18H,7-13H2,1H3. The molecule has 1 heterocycles. The number of amides is 1. The van der Waals surface area contributed by atoms with Crippen LogP contribution in [0.5, 0.6) is 0 Å². The van der Waals surface area contributed by atoms with Crippen molar-refractivity contribution in [1.29, 1.82) is 0 Å².